The van der Waals surface area contributed by atoms with Crippen molar-refractivity contribution in [2.24, 2.45) is 10.8 Å². The highest BCUT2D eigenvalue weighted by atomic mass is 35.5. The van der Waals surface area contributed by atoms with Crippen LogP contribution in [0.1, 0.15) is 79.1 Å². The van der Waals surface area contributed by atoms with Crippen molar-refractivity contribution in [3.8, 4) is 0 Å². The number of imide groups is 1. The minimum Gasteiger partial charge on any atom is -0.370 e. The minimum absolute atomic E-state index is 0.0460. The number of amides is 4. The number of hydrogen-bond donors (Lipinski definition) is 1. The number of carbonyl (C=O) groups excluding carboxylic acids is 4. The molecular weight excluding hydrogens is 740 g/mol. The van der Waals surface area contributed by atoms with Crippen LogP contribution in [-0.2, 0) is 4.79 Å². The van der Waals surface area contributed by atoms with Gasteiger partial charge in [-0.05, 0) is 117 Å². The first-order chi connectivity index (χ1) is 27.6. The Morgan fingerprint density at radius 1 is 0.772 bits per heavy atom. The number of piperidine rings is 2. The van der Waals surface area contributed by atoms with Crippen LogP contribution < -0.4 is 24.9 Å². The van der Waals surface area contributed by atoms with Crippen molar-refractivity contribution in [3.63, 3.8) is 0 Å². The summed E-state index contributed by atoms with van der Waals surface area (Å²) in [7, 11) is 0. The van der Waals surface area contributed by atoms with Gasteiger partial charge in [0.2, 0.25) is 5.91 Å². The topological polar surface area (TPSA) is 113 Å². The average Bonchev–Trinajstić information content (AvgIpc) is 3.55. The molecule has 300 valence electrons. The second kappa shape index (κ2) is 15.2. The molecule has 12 nitrogen and oxygen atoms in total. The first kappa shape index (κ1) is 37.9. The smallest absolute Gasteiger partial charge is 0.328 e. The second-order valence-electron chi connectivity index (χ2n) is 17.5. The molecule has 57 heavy (non-hydrogen) atoms. The van der Waals surface area contributed by atoms with Crippen molar-refractivity contribution < 1.29 is 19.2 Å². The summed E-state index contributed by atoms with van der Waals surface area (Å²) in [5, 5.41) is 2.90. The molecule has 5 saturated heterocycles. The highest BCUT2D eigenvalue weighted by molar-refractivity contribution is 6.33. The summed E-state index contributed by atoms with van der Waals surface area (Å²) >= 11 is 6.37. The van der Waals surface area contributed by atoms with Crippen LogP contribution in [-0.4, -0.2) is 116 Å². The lowest BCUT2D eigenvalue weighted by Gasteiger charge is -2.56. The summed E-state index contributed by atoms with van der Waals surface area (Å²) < 4.78 is 0. The lowest BCUT2D eigenvalue weighted by Crippen LogP contribution is -2.59. The maximum absolute atomic E-state index is 13.6. The summed E-state index contributed by atoms with van der Waals surface area (Å²) in [5.41, 5.74) is 5.82. The fraction of sp³-hybridized carbons (Fsp3) is 0.523. The molecule has 2 aromatic carbocycles. The molecule has 1 aliphatic carbocycles. The highest BCUT2D eigenvalue weighted by Gasteiger charge is 2.49. The molecule has 0 radical (unpaired) electrons. The Bertz CT molecular complexity index is 1990. The number of urea groups is 1. The zero-order chi connectivity index (χ0) is 39.3. The second-order valence-corrected chi connectivity index (χ2v) is 17.9. The van der Waals surface area contributed by atoms with Crippen LogP contribution >= 0.6 is 11.6 Å². The molecule has 6 aliphatic rings. The van der Waals surface area contributed by atoms with Crippen LogP contribution in [0.15, 0.2) is 60.8 Å². The van der Waals surface area contributed by atoms with Crippen molar-refractivity contribution in [2.75, 3.05) is 85.0 Å². The van der Waals surface area contributed by atoms with E-state index in [1.54, 1.807) is 4.90 Å². The quantitative estimate of drug-likeness (QED) is 0.285. The molecule has 0 unspecified atom stereocenters. The fourth-order valence-corrected chi connectivity index (χ4v) is 10.9. The molecule has 1 N–H and O–H groups in total. The van der Waals surface area contributed by atoms with Gasteiger partial charge in [-0.3, -0.25) is 29.5 Å². The van der Waals surface area contributed by atoms with Crippen LogP contribution in [0.25, 0.3) is 0 Å². The van der Waals surface area contributed by atoms with E-state index in [9.17, 15) is 19.2 Å². The molecule has 9 rings (SSSR count). The zero-order valence-electron chi connectivity index (χ0n) is 32.9. The van der Waals surface area contributed by atoms with Crippen molar-refractivity contribution in [1.82, 2.24) is 20.1 Å². The molecule has 5 aliphatic heterocycles. The molecule has 13 heteroatoms. The van der Waals surface area contributed by atoms with Crippen molar-refractivity contribution >= 4 is 58.5 Å². The number of carbonyl (C=O) groups is 4. The average molecular weight is 793 g/mol. The van der Waals surface area contributed by atoms with E-state index < -0.39 is 0 Å². The van der Waals surface area contributed by atoms with Crippen LogP contribution in [0.2, 0.25) is 5.02 Å². The number of aromatic nitrogens is 1. The van der Waals surface area contributed by atoms with E-state index in [-0.39, 0.29) is 23.3 Å². The van der Waals surface area contributed by atoms with Crippen LogP contribution in [0, 0.1) is 10.8 Å². The van der Waals surface area contributed by atoms with Gasteiger partial charge in [-0.2, -0.15) is 0 Å². The van der Waals surface area contributed by atoms with Gasteiger partial charge in [0.05, 0.1) is 16.9 Å². The summed E-state index contributed by atoms with van der Waals surface area (Å²) in [6, 6.07) is 18.5. The van der Waals surface area contributed by atoms with Crippen molar-refractivity contribution in [2.45, 2.75) is 70.4 Å². The fourth-order valence-electron chi connectivity index (χ4n) is 10.7. The van der Waals surface area contributed by atoms with Gasteiger partial charge < -0.3 is 19.6 Å². The van der Waals surface area contributed by atoms with Crippen molar-refractivity contribution in [1.29, 1.82) is 0 Å². The Kier molecular flexibility index (Phi) is 10.1. The molecule has 6 fully saturated rings. The van der Waals surface area contributed by atoms with Gasteiger partial charge in [-0.15, -0.1) is 0 Å². The molecule has 1 aromatic heterocycles. The molecule has 3 aromatic rings. The standard InChI is InChI=1S/C44H53ClN8O4/c1-31-25-44(30-53(31)35-3-2-32(29-54)38(45)24-35)13-16-48(17-14-44)36-8-9-39(46-28-36)41(56)51-18-11-43(12-19-51)26-37(27-43)50-22-20-49(21-23-50)33-4-6-34(7-5-33)52-15-10-40(55)47-42(52)57/h2-9,24,28-29,31,37H,10-23,25-27,30H2,1H3,(H,47,55,57)/t31-/m0/s1. The Balaban J connectivity index is 0.708. The first-order valence-electron chi connectivity index (χ1n) is 20.8. The third-order valence-corrected chi connectivity index (χ3v) is 14.6. The number of likely N-dealkylation sites (tertiary alicyclic amines) is 1. The van der Waals surface area contributed by atoms with Crippen molar-refractivity contribution in [3.05, 3.63) is 77.1 Å². The highest BCUT2D eigenvalue weighted by Crippen LogP contribution is 2.51. The van der Waals surface area contributed by atoms with Crippen LogP contribution in [0.4, 0.5) is 27.5 Å². The Morgan fingerprint density at radius 3 is 2.07 bits per heavy atom. The largest absolute Gasteiger partial charge is 0.370 e. The molecule has 4 amide bonds. The van der Waals surface area contributed by atoms with E-state index in [2.05, 4.69) is 55.0 Å². The monoisotopic (exact) mass is 792 g/mol. The zero-order valence-corrected chi connectivity index (χ0v) is 33.6. The predicted octanol–water partition coefficient (Wildman–Crippen LogP) is 6.09. The summed E-state index contributed by atoms with van der Waals surface area (Å²) in [6.07, 6.45) is 10.9. The Labute approximate surface area is 340 Å². The third-order valence-electron chi connectivity index (χ3n) is 14.2. The normalized spacial score (nSPS) is 23.9. The first-order valence-corrected chi connectivity index (χ1v) is 21.2. The van der Waals surface area contributed by atoms with Gasteiger partial charge in [0.1, 0.15) is 5.69 Å². The van der Waals surface area contributed by atoms with E-state index in [1.807, 2.05) is 47.5 Å². The maximum atomic E-state index is 13.6. The number of nitrogens with one attached hydrogen (secondary N) is 1. The molecule has 0 bridgehead atoms. The van der Waals surface area contributed by atoms with Gasteiger partial charge in [0.15, 0.2) is 6.29 Å². The van der Waals surface area contributed by atoms with Gasteiger partial charge in [-0.25, -0.2) is 9.78 Å². The van der Waals surface area contributed by atoms with E-state index in [0.717, 1.165) is 120 Å². The molecule has 2 spiro atoms. The molecule has 1 saturated carbocycles. The Morgan fingerprint density at radius 2 is 1.42 bits per heavy atom. The number of pyridine rings is 1. The SMILES string of the molecule is C[C@H]1CC2(CCN(c3ccc(C(=O)N4CCC5(CC4)CC(N4CCN(c6ccc(N7CCC(=O)NC7=O)cc6)CC4)C5)nc3)CC2)CN1c1ccc(C=O)c(Cl)c1. The summed E-state index contributed by atoms with van der Waals surface area (Å²) in [5.74, 6) is -0.174. The third kappa shape index (κ3) is 7.46. The number of benzene rings is 2. The Hall–Kier alpha value is -4.68. The number of aldehydes is 1. The van der Waals surface area contributed by atoms with E-state index >= 15 is 0 Å². The minimum atomic E-state index is -0.353. The van der Waals surface area contributed by atoms with Gasteiger partial charge >= 0.3 is 6.03 Å². The van der Waals surface area contributed by atoms with Gasteiger partial charge in [-0.1, -0.05) is 11.6 Å². The predicted molar refractivity (Wildman–Crippen MR) is 223 cm³/mol. The maximum Gasteiger partial charge on any atom is 0.328 e. The van der Waals surface area contributed by atoms with E-state index in [1.165, 1.54) is 12.8 Å². The lowest BCUT2D eigenvalue weighted by atomic mass is 9.60. The number of halogens is 1. The summed E-state index contributed by atoms with van der Waals surface area (Å²) in [6.45, 7) is 11.2. The van der Waals surface area contributed by atoms with Gasteiger partial charge in [0.25, 0.3) is 5.91 Å². The van der Waals surface area contributed by atoms with Crippen LogP contribution in [0.5, 0.6) is 0 Å². The lowest BCUT2D eigenvalue weighted by molar-refractivity contribution is -0.120. The molecule has 6 heterocycles. The van der Waals surface area contributed by atoms with Gasteiger partial charge in [0, 0.05) is 107 Å². The molecule has 1 atom stereocenters. The number of rotatable bonds is 7. The number of nitrogens with zero attached hydrogens (tertiary/aromatic N) is 7. The molecular formula is C44H53ClN8O4. The number of piperazine rings is 1. The van der Waals surface area contributed by atoms with E-state index in [0.29, 0.717) is 46.7 Å². The summed E-state index contributed by atoms with van der Waals surface area (Å²) in [4.78, 5) is 66.8. The van der Waals surface area contributed by atoms with E-state index in [4.69, 9.17) is 11.6 Å². The van der Waals surface area contributed by atoms with Crippen LogP contribution in [0.3, 0.4) is 0 Å². The number of anilines is 4. The number of hydrogen-bond acceptors (Lipinski definition) is 9.